The Morgan fingerprint density at radius 1 is 0.905 bits per heavy atom. The smallest absolute Gasteiger partial charge is 0.206 e. The number of thiophene rings is 1. The lowest BCUT2D eigenvalue weighted by Gasteiger charge is -2.04. The number of ketones is 1. The summed E-state index contributed by atoms with van der Waals surface area (Å²) in [5.74, 6) is 0.638. The molecule has 104 valence electrons. The molecule has 0 radical (unpaired) electrons. The number of carbonyl (C=O) groups is 1. The molecule has 1 aromatic heterocycles. The van der Waals surface area contributed by atoms with E-state index in [-0.39, 0.29) is 5.78 Å². The van der Waals surface area contributed by atoms with Gasteiger partial charge in [-0.2, -0.15) is 0 Å². The van der Waals surface area contributed by atoms with Crippen LogP contribution >= 0.6 is 11.3 Å². The van der Waals surface area contributed by atoms with Gasteiger partial charge in [-0.25, -0.2) is 0 Å². The summed E-state index contributed by atoms with van der Waals surface area (Å²) in [7, 11) is 1.58. The van der Waals surface area contributed by atoms with Gasteiger partial charge in [0.15, 0.2) is 0 Å². The zero-order chi connectivity index (χ0) is 14.7. The highest BCUT2D eigenvalue weighted by atomic mass is 32.1. The second-order valence-electron chi connectivity index (χ2n) is 4.59. The summed E-state index contributed by atoms with van der Waals surface area (Å²) < 4.78 is 5.21. The van der Waals surface area contributed by atoms with Crippen molar-refractivity contribution in [3.63, 3.8) is 0 Å². The summed E-state index contributed by atoms with van der Waals surface area (Å²) in [4.78, 5) is 13.1. The lowest BCUT2D eigenvalue weighted by Crippen LogP contribution is -2.00. The molecule has 21 heavy (non-hydrogen) atoms. The molecular formula is C18H14O2S. The van der Waals surface area contributed by atoms with Crippen LogP contribution < -0.4 is 4.74 Å². The van der Waals surface area contributed by atoms with Gasteiger partial charge in [-0.1, -0.05) is 54.6 Å². The Bertz CT molecular complexity index is 742. The van der Waals surface area contributed by atoms with Gasteiger partial charge in [-0.15, -0.1) is 11.3 Å². The number of hydrogen-bond donors (Lipinski definition) is 0. The lowest BCUT2D eigenvalue weighted by molar-refractivity contribution is 0.104. The van der Waals surface area contributed by atoms with Crippen molar-refractivity contribution in [1.82, 2.24) is 0 Å². The van der Waals surface area contributed by atoms with E-state index in [9.17, 15) is 4.79 Å². The molecule has 0 aliphatic rings. The third-order valence-electron chi connectivity index (χ3n) is 3.31. The van der Waals surface area contributed by atoms with Gasteiger partial charge in [0.2, 0.25) is 5.78 Å². The predicted molar refractivity (Wildman–Crippen MR) is 86.2 cm³/mol. The van der Waals surface area contributed by atoms with E-state index in [0.29, 0.717) is 16.2 Å². The standard InChI is InChI=1S/C18H14O2S/c1-20-16-11-12-21-18(16)17(19)15-9-7-14(8-10-15)13-5-3-2-4-6-13/h2-12H,1H3. The van der Waals surface area contributed by atoms with Crippen molar-refractivity contribution in [3.05, 3.63) is 76.5 Å². The van der Waals surface area contributed by atoms with E-state index < -0.39 is 0 Å². The van der Waals surface area contributed by atoms with Crippen LogP contribution in [0.2, 0.25) is 0 Å². The van der Waals surface area contributed by atoms with Gasteiger partial charge in [-0.3, -0.25) is 4.79 Å². The molecule has 0 saturated heterocycles. The van der Waals surface area contributed by atoms with Crippen molar-refractivity contribution in [3.8, 4) is 16.9 Å². The van der Waals surface area contributed by atoms with Crippen molar-refractivity contribution in [2.45, 2.75) is 0 Å². The summed E-state index contributed by atoms with van der Waals surface area (Å²) >= 11 is 1.40. The molecule has 0 amide bonds. The fourth-order valence-corrected chi connectivity index (χ4v) is 3.02. The fraction of sp³-hybridized carbons (Fsp3) is 0.0556. The quantitative estimate of drug-likeness (QED) is 0.654. The maximum absolute atomic E-state index is 12.5. The largest absolute Gasteiger partial charge is 0.495 e. The molecule has 0 saturated carbocycles. The van der Waals surface area contributed by atoms with Crippen LogP contribution in [-0.2, 0) is 0 Å². The van der Waals surface area contributed by atoms with Gasteiger partial charge < -0.3 is 4.74 Å². The average molecular weight is 294 g/mol. The second-order valence-corrected chi connectivity index (χ2v) is 5.51. The number of rotatable bonds is 4. The Labute approximate surface area is 127 Å². The Kier molecular flexibility index (Phi) is 3.84. The summed E-state index contributed by atoms with van der Waals surface area (Å²) in [6, 6.07) is 19.6. The van der Waals surface area contributed by atoms with Gasteiger partial charge in [-0.05, 0) is 22.6 Å². The zero-order valence-electron chi connectivity index (χ0n) is 11.6. The van der Waals surface area contributed by atoms with E-state index >= 15 is 0 Å². The molecule has 2 nitrogen and oxygen atoms in total. The van der Waals surface area contributed by atoms with Crippen LogP contribution in [0, 0.1) is 0 Å². The number of benzene rings is 2. The lowest BCUT2D eigenvalue weighted by atomic mass is 10.0. The third-order valence-corrected chi connectivity index (χ3v) is 4.20. The topological polar surface area (TPSA) is 26.3 Å². The van der Waals surface area contributed by atoms with Crippen LogP contribution in [0.3, 0.4) is 0 Å². The highest BCUT2D eigenvalue weighted by Crippen LogP contribution is 2.28. The summed E-state index contributed by atoms with van der Waals surface area (Å²) in [5.41, 5.74) is 2.92. The first-order valence-electron chi connectivity index (χ1n) is 6.61. The van der Waals surface area contributed by atoms with Crippen molar-refractivity contribution in [2.75, 3.05) is 7.11 Å². The SMILES string of the molecule is COc1ccsc1C(=O)c1ccc(-c2ccccc2)cc1. The summed E-state index contributed by atoms with van der Waals surface area (Å²) in [6.07, 6.45) is 0. The van der Waals surface area contributed by atoms with Gasteiger partial charge in [0.05, 0.1) is 7.11 Å². The Morgan fingerprint density at radius 3 is 2.24 bits per heavy atom. The van der Waals surface area contributed by atoms with E-state index in [2.05, 4.69) is 12.1 Å². The van der Waals surface area contributed by atoms with E-state index in [1.165, 1.54) is 11.3 Å². The fourth-order valence-electron chi connectivity index (χ4n) is 2.20. The van der Waals surface area contributed by atoms with Crippen molar-refractivity contribution >= 4 is 17.1 Å². The maximum atomic E-state index is 12.5. The number of hydrogen-bond acceptors (Lipinski definition) is 3. The Hall–Kier alpha value is -2.39. The third kappa shape index (κ3) is 2.73. The Morgan fingerprint density at radius 2 is 1.57 bits per heavy atom. The van der Waals surface area contributed by atoms with Crippen LogP contribution in [0.1, 0.15) is 15.2 Å². The van der Waals surface area contributed by atoms with Crippen molar-refractivity contribution in [2.24, 2.45) is 0 Å². The average Bonchev–Trinajstić information content (AvgIpc) is 3.04. The zero-order valence-corrected chi connectivity index (χ0v) is 12.4. The minimum absolute atomic E-state index is 0.00135. The van der Waals surface area contributed by atoms with Crippen LogP contribution in [0.5, 0.6) is 5.75 Å². The normalized spacial score (nSPS) is 10.3. The predicted octanol–water partition coefficient (Wildman–Crippen LogP) is 4.65. The van der Waals surface area contributed by atoms with Gasteiger partial charge in [0.25, 0.3) is 0 Å². The first-order valence-corrected chi connectivity index (χ1v) is 7.49. The molecule has 0 bridgehead atoms. The maximum Gasteiger partial charge on any atom is 0.206 e. The molecule has 0 aliphatic carbocycles. The van der Waals surface area contributed by atoms with Gasteiger partial charge in [0.1, 0.15) is 10.6 Å². The molecule has 0 N–H and O–H groups in total. The van der Waals surface area contributed by atoms with Crippen LogP contribution in [0.25, 0.3) is 11.1 Å². The number of ether oxygens (including phenoxy) is 1. The molecule has 2 aromatic carbocycles. The molecule has 0 aliphatic heterocycles. The first-order chi connectivity index (χ1) is 10.3. The molecule has 3 rings (SSSR count). The van der Waals surface area contributed by atoms with Crippen LogP contribution in [-0.4, -0.2) is 12.9 Å². The molecule has 1 heterocycles. The van der Waals surface area contributed by atoms with Gasteiger partial charge >= 0.3 is 0 Å². The summed E-state index contributed by atoms with van der Waals surface area (Å²) in [6.45, 7) is 0. The van der Waals surface area contributed by atoms with Crippen molar-refractivity contribution < 1.29 is 9.53 Å². The first kappa shape index (κ1) is 13.6. The monoisotopic (exact) mass is 294 g/mol. The molecule has 3 heteroatoms. The minimum Gasteiger partial charge on any atom is -0.495 e. The Balaban J connectivity index is 1.89. The van der Waals surface area contributed by atoms with Gasteiger partial charge in [0, 0.05) is 5.56 Å². The molecule has 0 spiro atoms. The van der Waals surface area contributed by atoms with E-state index in [1.54, 1.807) is 7.11 Å². The van der Waals surface area contributed by atoms with E-state index in [4.69, 9.17) is 4.74 Å². The van der Waals surface area contributed by atoms with Crippen molar-refractivity contribution in [1.29, 1.82) is 0 Å². The summed E-state index contributed by atoms with van der Waals surface area (Å²) in [5, 5.41) is 1.87. The molecule has 3 aromatic rings. The molecular weight excluding hydrogens is 280 g/mol. The number of methoxy groups -OCH3 is 1. The molecule has 0 atom stereocenters. The van der Waals surface area contributed by atoms with Crippen LogP contribution in [0.4, 0.5) is 0 Å². The van der Waals surface area contributed by atoms with E-state index in [1.807, 2.05) is 53.9 Å². The molecule has 0 unspecified atom stereocenters. The second kappa shape index (κ2) is 5.94. The number of carbonyl (C=O) groups excluding carboxylic acids is 1. The van der Waals surface area contributed by atoms with E-state index in [0.717, 1.165) is 11.1 Å². The highest BCUT2D eigenvalue weighted by molar-refractivity contribution is 7.12. The minimum atomic E-state index is 0.00135. The van der Waals surface area contributed by atoms with Crippen LogP contribution in [0.15, 0.2) is 66.0 Å². The molecule has 0 fully saturated rings. The highest BCUT2D eigenvalue weighted by Gasteiger charge is 2.15.